The van der Waals surface area contributed by atoms with Crippen LogP contribution in [0.1, 0.15) is 35.3 Å². The number of likely N-dealkylation sites (tertiary alicyclic amines) is 1. The van der Waals surface area contributed by atoms with Gasteiger partial charge in [0.1, 0.15) is 18.1 Å². The summed E-state index contributed by atoms with van der Waals surface area (Å²) < 4.78 is 11.4. The van der Waals surface area contributed by atoms with Crippen molar-refractivity contribution in [1.29, 1.82) is 0 Å². The van der Waals surface area contributed by atoms with Crippen LogP contribution in [0.25, 0.3) is 6.08 Å². The summed E-state index contributed by atoms with van der Waals surface area (Å²) in [7, 11) is 0. The lowest BCUT2D eigenvalue weighted by molar-refractivity contribution is -0.0279. The highest BCUT2D eigenvalue weighted by Crippen LogP contribution is 2.33. The van der Waals surface area contributed by atoms with E-state index in [0.717, 1.165) is 69.2 Å². The van der Waals surface area contributed by atoms with Crippen molar-refractivity contribution in [1.82, 2.24) is 14.8 Å². The number of benzene rings is 1. The van der Waals surface area contributed by atoms with Gasteiger partial charge in [-0.05, 0) is 54.8 Å². The van der Waals surface area contributed by atoms with Gasteiger partial charge in [-0.2, -0.15) is 0 Å². The predicted octanol–water partition coefficient (Wildman–Crippen LogP) is 4.07. The van der Waals surface area contributed by atoms with Gasteiger partial charge in [-0.15, -0.1) is 0 Å². The fourth-order valence-corrected chi connectivity index (χ4v) is 4.73. The molecule has 5 rings (SSSR count). The van der Waals surface area contributed by atoms with Crippen molar-refractivity contribution < 1.29 is 14.3 Å². The zero-order chi connectivity index (χ0) is 22.5. The van der Waals surface area contributed by atoms with Crippen molar-refractivity contribution >= 4 is 6.08 Å². The van der Waals surface area contributed by atoms with E-state index in [9.17, 15) is 5.11 Å². The van der Waals surface area contributed by atoms with Gasteiger partial charge in [0.25, 0.3) is 0 Å². The molecule has 2 aromatic heterocycles. The van der Waals surface area contributed by atoms with Crippen LogP contribution >= 0.6 is 0 Å². The number of rotatable bonds is 6. The number of hydrogen-bond acceptors (Lipinski definition) is 6. The zero-order valence-electron chi connectivity index (χ0n) is 18.9. The molecule has 0 bridgehead atoms. The van der Waals surface area contributed by atoms with Gasteiger partial charge in [0, 0.05) is 62.8 Å². The second kappa shape index (κ2) is 9.91. The van der Waals surface area contributed by atoms with Crippen molar-refractivity contribution in [3.05, 3.63) is 89.6 Å². The summed E-state index contributed by atoms with van der Waals surface area (Å²) in [6, 6.07) is 14.3. The number of furan rings is 1. The molecule has 1 aromatic carbocycles. The third-order valence-electron chi connectivity index (χ3n) is 6.66. The lowest BCUT2D eigenvalue weighted by Crippen LogP contribution is -2.42. The smallest absolute Gasteiger partial charge is 0.126 e. The van der Waals surface area contributed by atoms with Crippen LogP contribution in [-0.4, -0.2) is 52.7 Å². The van der Waals surface area contributed by atoms with Crippen molar-refractivity contribution in [2.45, 2.75) is 31.5 Å². The second-order valence-corrected chi connectivity index (χ2v) is 8.99. The average molecular weight is 446 g/mol. The summed E-state index contributed by atoms with van der Waals surface area (Å²) in [5.74, 6) is 1.86. The Hall–Kier alpha value is -2.93. The molecular weight excluding hydrogens is 414 g/mol. The van der Waals surface area contributed by atoms with E-state index in [0.29, 0.717) is 6.61 Å². The third-order valence-corrected chi connectivity index (χ3v) is 6.66. The molecule has 6 heteroatoms. The fraction of sp³-hybridized carbons (Fsp3) is 0.370. The van der Waals surface area contributed by atoms with Gasteiger partial charge in [-0.3, -0.25) is 14.8 Å². The Labute approximate surface area is 195 Å². The van der Waals surface area contributed by atoms with E-state index >= 15 is 0 Å². The summed E-state index contributed by atoms with van der Waals surface area (Å²) >= 11 is 0. The molecule has 6 nitrogen and oxygen atoms in total. The topological polar surface area (TPSA) is 62.0 Å². The van der Waals surface area contributed by atoms with Crippen LogP contribution in [0.2, 0.25) is 0 Å². The number of piperidine rings is 1. The molecule has 4 heterocycles. The SMILES string of the molecule is OC1(c2cccnc2)CCN(Cc2ccc3c(c2)CN(C/C=C/c2ccco2)CCO3)CC1. The van der Waals surface area contributed by atoms with Crippen molar-refractivity contribution in [2.75, 3.05) is 32.8 Å². The number of nitrogens with zero attached hydrogens (tertiary/aromatic N) is 3. The van der Waals surface area contributed by atoms with Gasteiger partial charge >= 0.3 is 0 Å². The highest BCUT2D eigenvalue weighted by molar-refractivity contribution is 5.42. The minimum atomic E-state index is -0.768. The molecule has 0 spiro atoms. The minimum absolute atomic E-state index is 0.694. The molecule has 3 aromatic rings. The van der Waals surface area contributed by atoms with Crippen LogP contribution in [0.15, 0.2) is 71.6 Å². The summed E-state index contributed by atoms with van der Waals surface area (Å²) in [6.07, 6.45) is 10.8. The second-order valence-electron chi connectivity index (χ2n) is 8.99. The monoisotopic (exact) mass is 445 g/mol. The number of ether oxygens (including phenoxy) is 1. The Balaban J connectivity index is 1.19. The first kappa shape index (κ1) is 21.9. The van der Waals surface area contributed by atoms with Crippen LogP contribution in [-0.2, 0) is 18.7 Å². The van der Waals surface area contributed by atoms with E-state index in [1.54, 1.807) is 18.7 Å². The molecular formula is C27H31N3O3. The van der Waals surface area contributed by atoms with E-state index in [2.05, 4.69) is 39.1 Å². The first-order valence-electron chi connectivity index (χ1n) is 11.7. The van der Waals surface area contributed by atoms with E-state index in [1.807, 2.05) is 30.3 Å². The maximum Gasteiger partial charge on any atom is 0.126 e. The summed E-state index contributed by atoms with van der Waals surface area (Å²) in [6.45, 7) is 5.92. The van der Waals surface area contributed by atoms with E-state index < -0.39 is 5.60 Å². The summed E-state index contributed by atoms with van der Waals surface area (Å²) in [5.41, 5.74) is 2.68. The Kier molecular flexibility index (Phi) is 6.58. The molecule has 0 aliphatic carbocycles. The Morgan fingerprint density at radius 1 is 1.06 bits per heavy atom. The molecule has 0 radical (unpaired) electrons. The molecule has 1 fully saturated rings. The lowest BCUT2D eigenvalue weighted by atomic mass is 9.85. The van der Waals surface area contributed by atoms with Crippen molar-refractivity contribution in [3.8, 4) is 5.75 Å². The van der Waals surface area contributed by atoms with Gasteiger partial charge in [-0.25, -0.2) is 0 Å². The number of fused-ring (bicyclic) bond motifs is 1. The molecule has 0 saturated carbocycles. The molecule has 1 N–H and O–H groups in total. The first-order valence-corrected chi connectivity index (χ1v) is 11.7. The highest BCUT2D eigenvalue weighted by Gasteiger charge is 2.34. The number of pyridine rings is 1. The van der Waals surface area contributed by atoms with Crippen LogP contribution in [0.5, 0.6) is 5.75 Å². The van der Waals surface area contributed by atoms with E-state index in [4.69, 9.17) is 9.15 Å². The standard InChI is InChI=1S/C27H31N3O3/c31-27(24-4-1-11-28-19-24)9-13-30(14-10-27)20-22-7-8-26-23(18-22)21-29(15-17-33-26)12-2-5-25-6-3-16-32-25/h1-8,11,16,18-19,31H,9-10,12-15,17,20-21H2/b5-2+. The predicted molar refractivity (Wildman–Crippen MR) is 128 cm³/mol. The maximum absolute atomic E-state index is 11.1. The number of hydrogen-bond donors (Lipinski definition) is 1. The van der Waals surface area contributed by atoms with Crippen LogP contribution in [0.4, 0.5) is 0 Å². The largest absolute Gasteiger partial charge is 0.492 e. The normalized spacial score (nSPS) is 19.2. The first-order chi connectivity index (χ1) is 16.2. The average Bonchev–Trinajstić information content (AvgIpc) is 3.28. The molecule has 1 saturated heterocycles. The number of aromatic nitrogens is 1. The molecule has 0 amide bonds. The molecule has 2 aliphatic heterocycles. The Morgan fingerprint density at radius 3 is 2.76 bits per heavy atom. The fourth-order valence-electron chi connectivity index (χ4n) is 4.73. The Bertz CT molecular complexity index is 1060. The molecule has 0 unspecified atom stereocenters. The third kappa shape index (κ3) is 5.36. The van der Waals surface area contributed by atoms with Gasteiger partial charge in [0.2, 0.25) is 0 Å². The van der Waals surface area contributed by atoms with E-state index in [-0.39, 0.29) is 0 Å². The minimum Gasteiger partial charge on any atom is -0.492 e. The molecule has 172 valence electrons. The molecule has 0 atom stereocenters. The van der Waals surface area contributed by atoms with Crippen LogP contribution in [0.3, 0.4) is 0 Å². The summed E-state index contributed by atoms with van der Waals surface area (Å²) in [5, 5.41) is 11.1. The van der Waals surface area contributed by atoms with E-state index in [1.165, 1.54) is 11.1 Å². The van der Waals surface area contributed by atoms with Gasteiger partial charge in [0.15, 0.2) is 0 Å². The molecule has 33 heavy (non-hydrogen) atoms. The van der Waals surface area contributed by atoms with Gasteiger partial charge in [-0.1, -0.05) is 18.2 Å². The lowest BCUT2D eigenvalue weighted by Gasteiger charge is -2.38. The van der Waals surface area contributed by atoms with Gasteiger partial charge in [0.05, 0.1) is 11.9 Å². The highest BCUT2D eigenvalue weighted by atomic mass is 16.5. The van der Waals surface area contributed by atoms with Crippen LogP contribution in [0, 0.1) is 0 Å². The Morgan fingerprint density at radius 2 is 1.97 bits per heavy atom. The van der Waals surface area contributed by atoms with Crippen LogP contribution < -0.4 is 4.74 Å². The van der Waals surface area contributed by atoms with Crippen molar-refractivity contribution in [3.63, 3.8) is 0 Å². The quantitative estimate of drug-likeness (QED) is 0.617. The molecule has 2 aliphatic rings. The number of aliphatic hydroxyl groups is 1. The van der Waals surface area contributed by atoms with Crippen molar-refractivity contribution in [2.24, 2.45) is 0 Å². The zero-order valence-corrected chi connectivity index (χ0v) is 18.9. The summed E-state index contributed by atoms with van der Waals surface area (Å²) in [4.78, 5) is 9.00. The maximum atomic E-state index is 11.1. The van der Waals surface area contributed by atoms with Gasteiger partial charge < -0.3 is 14.3 Å².